The highest BCUT2D eigenvalue weighted by atomic mass is 35.5. The topological polar surface area (TPSA) is 76.2 Å². The van der Waals surface area contributed by atoms with E-state index >= 15 is 0 Å². The number of likely N-dealkylation sites (tertiary alicyclic amines) is 1. The molecule has 0 radical (unpaired) electrons. The number of fused-ring (bicyclic) bond motifs is 1. The number of nitrogens with one attached hydrogen (secondary N) is 1. The van der Waals surface area contributed by atoms with Crippen LogP contribution >= 0.6 is 23.2 Å². The van der Waals surface area contributed by atoms with Crippen LogP contribution in [0, 0.1) is 6.92 Å². The van der Waals surface area contributed by atoms with Gasteiger partial charge in [-0.15, -0.1) is 0 Å². The largest absolute Gasteiger partial charge is 0.361 e. The van der Waals surface area contributed by atoms with Gasteiger partial charge in [-0.05, 0) is 44.4 Å². The second kappa shape index (κ2) is 7.73. The lowest BCUT2D eigenvalue weighted by atomic mass is 9.94. The van der Waals surface area contributed by atoms with Crippen LogP contribution in [0.1, 0.15) is 48.9 Å². The lowest BCUT2D eigenvalue weighted by Crippen LogP contribution is -2.38. The molecule has 4 heterocycles. The maximum absolute atomic E-state index is 13.9. The number of aromatic nitrogens is 3. The maximum atomic E-state index is 13.9. The molecule has 5 rings (SSSR count). The van der Waals surface area contributed by atoms with E-state index in [0.717, 1.165) is 41.4 Å². The number of allylic oxidation sites excluding steroid dienone is 1. The predicted octanol–water partition coefficient (Wildman–Crippen LogP) is 5.14. The zero-order chi connectivity index (χ0) is 21.7. The van der Waals surface area contributed by atoms with Crippen molar-refractivity contribution in [3.8, 4) is 0 Å². The number of anilines is 1. The molecule has 1 fully saturated rings. The second-order valence-corrected chi connectivity index (χ2v) is 8.73. The monoisotopic (exact) mass is 457 g/mol. The Morgan fingerprint density at radius 3 is 2.77 bits per heavy atom. The van der Waals surface area contributed by atoms with E-state index in [1.54, 1.807) is 18.3 Å². The number of benzene rings is 1. The highest BCUT2D eigenvalue weighted by Crippen LogP contribution is 2.41. The van der Waals surface area contributed by atoms with Gasteiger partial charge in [0.1, 0.15) is 23.3 Å². The average Bonchev–Trinajstić information content (AvgIpc) is 3.48. The van der Waals surface area contributed by atoms with Gasteiger partial charge >= 0.3 is 0 Å². The Kier molecular flexibility index (Phi) is 5.02. The number of halogens is 2. The van der Waals surface area contributed by atoms with E-state index in [1.165, 1.54) is 0 Å². The summed E-state index contributed by atoms with van der Waals surface area (Å²) >= 11 is 12.5. The van der Waals surface area contributed by atoms with E-state index in [0.29, 0.717) is 22.2 Å². The van der Waals surface area contributed by atoms with E-state index in [1.807, 2.05) is 41.6 Å². The molecule has 0 bridgehead atoms. The molecule has 1 amide bonds. The van der Waals surface area contributed by atoms with Gasteiger partial charge in [0.15, 0.2) is 0 Å². The average molecular weight is 458 g/mol. The van der Waals surface area contributed by atoms with Crippen LogP contribution in [0.5, 0.6) is 0 Å². The molecule has 7 nitrogen and oxygen atoms in total. The molecule has 2 aliphatic rings. The number of rotatable bonds is 3. The van der Waals surface area contributed by atoms with Crippen LogP contribution < -0.4 is 5.32 Å². The number of carbonyl (C=O) groups excluding carboxylic acids is 1. The molecule has 2 aromatic heterocycles. The van der Waals surface area contributed by atoms with Gasteiger partial charge in [-0.1, -0.05) is 34.4 Å². The third kappa shape index (κ3) is 3.42. The summed E-state index contributed by atoms with van der Waals surface area (Å²) in [4.78, 5) is 15.8. The fourth-order valence-electron chi connectivity index (χ4n) is 4.49. The van der Waals surface area contributed by atoms with Crippen molar-refractivity contribution in [2.75, 3.05) is 11.9 Å². The summed E-state index contributed by atoms with van der Waals surface area (Å²) in [5.41, 5.74) is 3.05. The minimum Gasteiger partial charge on any atom is -0.361 e. The van der Waals surface area contributed by atoms with Gasteiger partial charge in [0.25, 0.3) is 5.91 Å². The molecule has 1 saturated heterocycles. The van der Waals surface area contributed by atoms with Gasteiger partial charge in [-0.3, -0.25) is 4.79 Å². The Labute approximate surface area is 189 Å². The van der Waals surface area contributed by atoms with Crippen LogP contribution in [0.3, 0.4) is 0 Å². The normalized spacial score (nSPS) is 20.7. The zero-order valence-electron chi connectivity index (χ0n) is 17.1. The molecule has 2 aliphatic heterocycles. The van der Waals surface area contributed by atoms with E-state index in [4.69, 9.17) is 27.7 Å². The van der Waals surface area contributed by atoms with Gasteiger partial charge in [0.2, 0.25) is 0 Å². The number of hydrogen-bond acceptors (Lipinski definition) is 5. The number of amides is 1. The molecular weight excluding hydrogens is 437 g/mol. The van der Waals surface area contributed by atoms with E-state index < -0.39 is 6.04 Å². The molecular formula is C22H21Cl2N5O2. The maximum Gasteiger partial charge on any atom is 0.254 e. The van der Waals surface area contributed by atoms with E-state index in [9.17, 15) is 4.79 Å². The first-order valence-electron chi connectivity index (χ1n) is 10.1. The van der Waals surface area contributed by atoms with Crippen LogP contribution in [-0.2, 0) is 4.79 Å². The molecule has 0 aliphatic carbocycles. The second-order valence-electron chi connectivity index (χ2n) is 7.92. The molecule has 1 N–H and O–H groups in total. The van der Waals surface area contributed by atoms with Crippen LogP contribution in [0.4, 0.5) is 5.82 Å². The fourth-order valence-corrected chi connectivity index (χ4v) is 4.79. The zero-order valence-corrected chi connectivity index (χ0v) is 18.6. The Morgan fingerprint density at radius 1 is 1.19 bits per heavy atom. The molecule has 9 heteroatoms. The van der Waals surface area contributed by atoms with Crippen LogP contribution in [0.25, 0.3) is 0 Å². The number of aryl methyl sites for hydroxylation is 1. The summed E-state index contributed by atoms with van der Waals surface area (Å²) in [7, 11) is 0. The van der Waals surface area contributed by atoms with Crippen molar-refractivity contribution >= 4 is 34.9 Å². The highest BCUT2D eigenvalue weighted by Gasteiger charge is 2.39. The van der Waals surface area contributed by atoms with E-state index in [-0.39, 0.29) is 11.9 Å². The Balaban J connectivity index is 1.58. The third-order valence-electron chi connectivity index (χ3n) is 5.90. The quantitative estimate of drug-likeness (QED) is 0.588. The lowest BCUT2D eigenvalue weighted by Gasteiger charge is -2.33. The van der Waals surface area contributed by atoms with Crippen LogP contribution in [-0.4, -0.2) is 32.3 Å². The summed E-state index contributed by atoms with van der Waals surface area (Å²) in [6.45, 7) is 4.43. The van der Waals surface area contributed by atoms with Crippen molar-refractivity contribution in [2.45, 2.75) is 38.8 Å². The van der Waals surface area contributed by atoms with Gasteiger partial charge in [-0.25, -0.2) is 4.68 Å². The minimum absolute atomic E-state index is 0.0506. The molecule has 0 saturated carbocycles. The van der Waals surface area contributed by atoms with Gasteiger partial charge in [0.05, 0.1) is 27.9 Å². The number of carbonyl (C=O) groups is 1. The van der Waals surface area contributed by atoms with Crippen LogP contribution in [0.2, 0.25) is 10.0 Å². The first kappa shape index (κ1) is 20.2. The summed E-state index contributed by atoms with van der Waals surface area (Å²) in [6.07, 6.45) is 3.47. The molecule has 1 aromatic carbocycles. The molecule has 2 atom stereocenters. The van der Waals surface area contributed by atoms with Gasteiger partial charge in [-0.2, -0.15) is 5.10 Å². The van der Waals surface area contributed by atoms with Crippen LogP contribution in [0.15, 0.2) is 52.3 Å². The Morgan fingerprint density at radius 2 is 2.03 bits per heavy atom. The fraction of sp³-hybridized carbons (Fsp3) is 0.318. The number of hydrogen-bond donors (Lipinski definition) is 1. The SMILES string of the molecule is CC1=C(C(=O)N2CCC[C@H]2c2cc(C)on2)C(c2ccc(Cl)c(Cl)c2)n2nccc2N1. The molecule has 0 spiro atoms. The van der Waals surface area contributed by atoms with E-state index in [2.05, 4.69) is 15.6 Å². The summed E-state index contributed by atoms with van der Waals surface area (Å²) in [5, 5.41) is 12.9. The molecule has 3 aromatic rings. The first-order valence-corrected chi connectivity index (χ1v) is 10.9. The molecule has 1 unspecified atom stereocenters. The van der Waals surface area contributed by atoms with Crippen molar-refractivity contribution in [3.63, 3.8) is 0 Å². The first-order chi connectivity index (χ1) is 14.9. The van der Waals surface area contributed by atoms with Crippen molar-refractivity contribution in [1.29, 1.82) is 0 Å². The van der Waals surface area contributed by atoms with Crippen molar-refractivity contribution in [3.05, 3.63) is 74.9 Å². The Bertz CT molecular complexity index is 1200. The third-order valence-corrected chi connectivity index (χ3v) is 6.64. The van der Waals surface area contributed by atoms with Gasteiger partial charge < -0.3 is 14.7 Å². The van der Waals surface area contributed by atoms with Crippen molar-refractivity contribution < 1.29 is 9.32 Å². The predicted molar refractivity (Wildman–Crippen MR) is 118 cm³/mol. The standard InChI is InChI=1S/C22H21Cl2N5O2/c1-12-10-17(27-31-12)18-4-3-9-28(18)22(30)20-13(2)26-19-7-8-25-29(19)21(20)14-5-6-15(23)16(24)11-14/h5-8,10-11,18,21,26H,3-4,9H2,1-2H3/t18-,21?/m0/s1. The Hall–Kier alpha value is -2.77. The van der Waals surface area contributed by atoms with Crippen molar-refractivity contribution in [2.24, 2.45) is 0 Å². The summed E-state index contributed by atoms with van der Waals surface area (Å²) in [5.74, 6) is 1.50. The molecule has 31 heavy (non-hydrogen) atoms. The summed E-state index contributed by atoms with van der Waals surface area (Å²) in [6, 6.07) is 8.68. The number of nitrogens with zero attached hydrogens (tertiary/aromatic N) is 4. The lowest BCUT2D eigenvalue weighted by molar-refractivity contribution is -0.128. The van der Waals surface area contributed by atoms with Crippen molar-refractivity contribution in [1.82, 2.24) is 19.8 Å². The molecule has 160 valence electrons. The van der Waals surface area contributed by atoms with Gasteiger partial charge in [0, 0.05) is 24.4 Å². The summed E-state index contributed by atoms with van der Waals surface area (Å²) < 4.78 is 7.08. The highest BCUT2D eigenvalue weighted by molar-refractivity contribution is 6.42. The minimum atomic E-state index is -0.422. The smallest absolute Gasteiger partial charge is 0.254 e.